The fraction of sp³-hybridized carbons (Fsp3) is 0.682. The van der Waals surface area contributed by atoms with Crippen LogP contribution in [0.5, 0.6) is 11.5 Å². The first kappa shape index (κ1) is 21.7. The largest absolute Gasteiger partial charge is 0.493 e. The molecular formula is C22H37N5O2. The van der Waals surface area contributed by atoms with E-state index >= 15 is 0 Å². The summed E-state index contributed by atoms with van der Waals surface area (Å²) in [6, 6.07) is 4.21. The second kappa shape index (κ2) is 10.7. The Hall–Kier alpha value is -1.99. The standard InChI is InChI=1S/C22H37N5O2/c1-23-22(24-8-5-6-9-26-13-11-25(2)12-14-26)27-10-7-18-15-20(28-3)21(29-4)16-19(18)17-27/h15-16H,5-14,17H2,1-4H3,(H,23,24). The highest BCUT2D eigenvalue weighted by Gasteiger charge is 2.21. The molecule has 3 rings (SSSR count). The highest BCUT2D eigenvalue weighted by atomic mass is 16.5. The first-order valence-corrected chi connectivity index (χ1v) is 10.7. The van der Waals surface area contributed by atoms with E-state index in [0.29, 0.717) is 0 Å². The van der Waals surface area contributed by atoms with E-state index in [1.807, 2.05) is 7.05 Å². The van der Waals surface area contributed by atoms with Crippen molar-refractivity contribution < 1.29 is 9.47 Å². The number of piperazine rings is 1. The molecule has 0 unspecified atom stereocenters. The molecule has 2 aliphatic rings. The molecule has 1 N–H and O–H groups in total. The lowest BCUT2D eigenvalue weighted by atomic mass is 9.99. The second-order valence-electron chi connectivity index (χ2n) is 7.97. The van der Waals surface area contributed by atoms with Gasteiger partial charge in [-0.15, -0.1) is 0 Å². The summed E-state index contributed by atoms with van der Waals surface area (Å²) in [6.45, 7) is 8.76. The lowest BCUT2D eigenvalue weighted by molar-refractivity contribution is 0.152. The van der Waals surface area contributed by atoms with Gasteiger partial charge in [0.25, 0.3) is 0 Å². The Balaban J connectivity index is 1.45. The lowest BCUT2D eigenvalue weighted by Crippen LogP contribution is -2.45. The van der Waals surface area contributed by atoms with Crippen molar-refractivity contribution in [2.24, 2.45) is 4.99 Å². The number of nitrogens with one attached hydrogen (secondary N) is 1. The van der Waals surface area contributed by atoms with Crippen LogP contribution >= 0.6 is 0 Å². The number of hydrogen-bond acceptors (Lipinski definition) is 5. The maximum atomic E-state index is 5.48. The summed E-state index contributed by atoms with van der Waals surface area (Å²) in [5.41, 5.74) is 2.62. The molecule has 0 atom stereocenters. The Bertz CT molecular complexity index is 686. The third kappa shape index (κ3) is 5.76. The van der Waals surface area contributed by atoms with Crippen molar-refractivity contribution in [2.75, 3.05) is 74.1 Å². The molecule has 7 heteroatoms. The summed E-state index contributed by atoms with van der Waals surface area (Å²) in [5, 5.41) is 3.56. The van der Waals surface area contributed by atoms with Gasteiger partial charge in [0.15, 0.2) is 17.5 Å². The van der Waals surface area contributed by atoms with Gasteiger partial charge in [-0.25, -0.2) is 0 Å². The molecule has 0 spiro atoms. The predicted molar refractivity (Wildman–Crippen MR) is 118 cm³/mol. The first-order chi connectivity index (χ1) is 14.1. The minimum Gasteiger partial charge on any atom is -0.493 e. The molecule has 0 bridgehead atoms. The van der Waals surface area contributed by atoms with Crippen LogP contribution in [-0.4, -0.2) is 94.8 Å². The number of rotatable bonds is 7. The number of likely N-dealkylation sites (N-methyl/N-ethyl adjacent to an activating group) is 1. The van der Waals surface area contributed by atoms with Crippen molar-refractivity contribution in [1.82, 2.24) is 20.0 Å². The SMILES string of the molecule is CN=C(NCCCCN1CCN(C)CC1)N1CCc2cc(OC)c(OC)cc2C1. The molecule has 1 aromatic rings. The Morgan fingerprint density at radius 2 is 1.69 bits per heavy atom. The molecule has 1 saturated heterocycles. The summed E-state index contributed by atoms with van der Waals surface area (Å²) in [6.07, 6.45) is 3.38. The quantitative estimate of drug-likeness (QED) is 0.425. The molecule has 0 amide bonds. The van der Waals surface area contributed by atoms with Crippen LogP contribution in [-0.2, 0) is 13.0 Å². The molecule has 0 radical (unpaired) electrons. The summed E-state index contributed by atoms with van der Waals surface area (Å²) in [5.74, 6) is 2.59. The molecule has 1 fully saturated rings. The van der Waals surface area contributed by atoms with Crippen LogP contribution in [0.1, 0.15) is 24.0 Å². The first-order valence-electron chi connectivity index (χ1n) is 10.7. The summed E-state index contributed by atoms with van der Waals surface area (Å²) >= 11 is 0. The number of guanidine groups is 1. The summed E-state index contributed by atoms with van der Waals surface area (Å²) in [7, 11) is 7.46. The normalized spacial score (nSPS) is 18.5. The smallest absolute Gasteiger partial charge is 0.193 e. The van der Waals surface area contributed by atoms with E-state index < -0.39 is 0 Å². The van der Waals surface area contributed by atoms with Crippen LogP contribution in [0.3, 0.4) is 0 Å². The van der Waals surface area contributed by atoms with Crippen LogP contribution in [0.15, 0.2) is 17.1 Å². The van der Waals surface area contributed by atoms with Crippen molar-refractivity contribution in [3.05, 3.63) is 23.3 Å². The fourth-order valence-electron chi connectivity index (χ4n) is 4.13. The van der Waals surface area contributed by atoms with Gasteiger partial charge in [-0.2, -0.15) is 0 Å². The molecule has 2 aliphatic heterocycles. The molecular weight excluding hydrogens is 366 g/mol. The number of nitrogens with zero attached hydrogens (tertiary/aromatic N) is 4. The van der Waals surface area contributed by atoms with Crippen LogP contribution in [0.4, 0.5) is 0 Å². The Labute approximate surface area is 175 Å². The maximum Gasteiger partial charge on any atom is 0.193 e. The van der Waals surface area contributed by atoms with E-state index in [0.717, 1.165) is 43.5 Å². The zero-order valence-corrected chi connectivity index (χ0v) is 18.5. The Morgan fingerprint density at radius 1 is 1.00 bits per heavy atom. The highest BCUT2D eigenvalue weighted by molar-refractivity contribution is 5.80. The van der Waals surface area contributed by atoms with Gasteiger partial charge in [-0.05, 0) is 56.1 Å². The van der Waals surface area contributed by atoms with Crippen LogP contribution < -0.4 is 14.8 Å². The van der Waals surface area contributed by atoms with Crippen molar-refractivity contribution >= 4 is 5.96 Å². The van der Waals surface area contributed by atoms with Crippen LogP contribution in [0, 0.1) is 0 Å². The van der Waals surface area contributed by atoms with Gasteiger partial charge in [-0.1, -0.05) is 0 Å². The number of aliphatic imine (C=N–C) groups is 1. The zero-order chi connectivity index (χ0) is 20.6. The molecule has 0 aromatic heterocycles. The van der Waals surface area contributed by atoms with Crippen molar-refractivity contribution in [2.45, 2.75) is 25.8 Å². The van der Waals surface area contributed by atoms with Crippen molar-refractivity contribution in [1.29, 1.82) is 0 Å². The van der Waals surface area contributed by atoms with Crippen molar-refractivity contribution in [3.8, 4) is 11.5 Å². The van der Waals surface area contributed by atoms with E-state index in [1.54, 1.807) is 14.2 Å². The third-order valence-electron chi connectivity index (χ3n) is 6.01. The lowest BCUT2D eigenvalue weighted by Gasteiger charge is -2.33. The fourth-order valence-corrected chi connectivity index (χ4v) is 4.13. The van der Waals surface area contributed by atoms with Crippen LogP contribution in [0.2, 0.25) is 0 Å². The van der Waals surface area contributed by atoms with E-state index in [1.165, 1.54) is 56.7 Å². The average Bonchev–Trinajstić information content (AvgIpc) is 2.76. The topological polar surface area (TPSA) is 52.6 Å². The summed E-state index contributed by atoms with van der Waals surface area (Å²) in [4.78, 5) is 11.8. The zero-order valence-electron chi connectivity index (χ0n) is 18.5. The van der Waals surface area contributed by atoms with Gasteiger partial charge in [0, 0.05) is 52.9 Å². The molecule has 29 heavy (non-hydrogen) atoms. The van der Waals surface area contributed by atoms with Gasteiger partial charge >= 0.3 is 0 Å². The number of unbranched alkanes of at least 4 members (excludes halogenated alkanes) is 1. The van der Waals surface area contributed by atoms with Gasteiger partial charge in [0.05, 0.1) is 14.2 Å². The number of methoxy groups -OCH3 is 2. The van der Waals surface area contributed by atoms with Gasteiger partial charge < -0.3 is 29.5 Å². The second-order valence-corrected chi connectivity index (χ2v) is 7.97. The minimum atomic E-state index is 0.792. The minimum absolute atomic E-state index is 0.792. The molecule has 7 nitrogen and oxygen atoms in total. The number of hydrogen-bond donors (Lipinski definition) is 1. The van der Waals surface area contributed by atoms with E-state index in [4.69, 9.17) is 9.47 Å². The monoisotopic (exact) mass is 403 g/mol. The Morgan fingerprint density at radius 3 is 2.34 bits per heavy atom. The van der Waals surface area contributed by atoms with Gasteiger partial charge in [-0.3, -0.25) is 4.99 Å². The number of benzene rings is 1. The van der Waals surface area contributed by atoms with Gasteiger partial charge in [0.2, 0.25) is 0 Å². The Kier molecular flexibility index (Phi) is 8.00. The van der Waals surface area contributed by atoms with E-state index in [2.05, 4.69) is 44.2 Å². The summed E-state index contributed by atoms with van der Waals surface area (Å²) < 4.78 is 10.9. The maximum absolute atomic E-state index is 5.48. The molecule has 0 saturated carbocycles. The highest BCUT2D eigenvalue weighted by Crippen LogP contribution is 2.33. The van der Waals surface area contributed by atoms with E-state index in [-0.39, 0.29) is 0 Å². The third-order valence-corrected chi connectivity index (χ3v) is 6.01. The van der Waals surface area contributed by atoms with Gasteiger partial charge in [0.1, 0.15) is 0 Å². The molecule has 162 valence electrons. The van der Waals surface area contributed by atoms with Crippen LogP contribution in [0.25, 0.3) is 0 Å². The molecule has 1 aromatic carbocycles. The number of fused-ring (bicyclic) bond motifs is 1. The molecule has 0 aliphatic carbocycles. The van der Waals surface area contributed by atoms with Crippen molar-refractivity contribution in [3.63, 3.8) is 0 Å². The average molecular weight is 404 g/mol. The molecule has 2 heterocycles. The van der Waals surface area contributed by atoms with E-state index in [9.17, 15) is 0 Å². The predicted octanol–water partition coefficient (Wildman–Crippen LogP) is 1.66. The number of ether oxygens (including phenoxy) is 2.